The second kappa shape index (κ2) is 14.4. The molecular weight excluding hydrogens is 509 g/mol. The number of nitrogens with zero attached hydrogens (tertiary/aromatic N) is 4. The summed E-state index contributed by atoms with van der Waals surface area (Å²) in [6.45, 7) is 17.0. The molecule has 0 spiro atoms. The molecule has 0 saturated carbocycles. The number of hydrogen-bond acceptors (Lipinski definition) is 5. The maximum atomic E-state index is 9.44. The number of imidazole rings is 2. The van der Waals surface area contributed by atoms with Crippen LogP contribution in [-0.4, -0.2) is 53.6 Å². The van der Waals surface area contributed by atoms with Crippen LogP contribution in [0.4, 0.5) is 0 Å². The van der Waals surface area contributed by atoms with Crippen molar-refractivity contribution in [3.8, 4) is 0 Å². The quantitative estimate of drug-likeness (QED) is 0.167. The summed E-state index contributed by atoms with van der Waals surface area (Å²) in [5, 5.41) is 9.44. The van der Waals surface area contributed by atoms with E-state index < -0.39 is 16.1 Å². The van der Waals surface area contributed by atoms with E-state index in [1.54, 1.807) is 0 Å². The van der Waals surface area contributed by atoms with Crippen molar-refractivity contribution >= 4 is 16.1 Å². The number of aliphatic hydroxyl groups is 1. The molecule has 38 heavy (non-hydrogen) atoms. The van der Waals surface area contributed by atoms with Crippen LogP contribution in [0.1, 0.15) is 22.8 Å². The minimum atomic E-state index is -1.12. The SMILES string of the molecule is C[Si](C)(C)CCOCn1ccnc1CC(Cc1ccc(CO)cc1)Cc1nccn1COCC[Si](C)(C)C. The van der Waals surface area contributed by atoms with Crippen LogP contribution >= 0.6 is 0 Å². The van der Waals surface area contributed by atoms with Crippen LogP contribution in [0.15, 0.2) is 49.1 Å². The molecule has 0 aliphatic heterocycles. The molecule has 0 aliphatic carbocycles. The highest BCUT2D eigenvalue weighted by Gasteiger charge is 2.19. The van der Waals surface area contributed by atoms with Crippen molar-refractivity contribution < 1.29 is 14.6 Å². The summed E-state index contributed by atoms with van der Waals surface area (Å²) in [4.78, 5) is 9.40. The Kier molecular flexibility index (Phi) is 11.5. The van der Waals surface area contributed by atoms with Gasteiger partial charge in [-0.1, -0.05) is 63.5 Å². The average Bonchev–Trinajstić information content (AvgIpc) is 3.48. The van der Waals surface area contributed by atoms with E-state index in [-0.39, 0.29) is 6.61 Å². The van der Waals surface area contributed by atoms with Gasteiger partial charge in [-0.3, -0.25) is 0 Å². The summed E-state index contributed by atoms with van der Waals surface area (Å²) in [7, 11) is -2.23. The monoisotopic (exact) mass is 556 g/mol. The average molecular weight is 557 g/mol. The van der Waals surface area contributed by atoms with Crippen molar-refractivity contribution in [1.29, 1.82) is 0 Å². The zero-order valence-electron chi connectivity index (χ0n) is 24.3. The van der Waals surface area contributed by atoms with E-state index in [0.29, 0.717) is 19.4 Å². The van der Waals surface area contributed by atoms with Crippen LogP contribution in [0, 0.1) is 5.92 Å². The molecule has 2 heterocycles. The molecule has 0 atom stereocenters. The van der Waals surface area contributed by atoms with Gasteiger partial charge in [0.15, 0.2) is 0 Å². The number of hydrogen-bond donors (Lipinski definition) is 1. The largest absolute Gasteiger partial charge is 0.392 e. The fraction of sp³-hybridized carbons (Fsp3) is 0.586. The molecule has 1 N–H and O–H groups in total. The van der Waals surface area contributed by atoms with Gasteiger partial charge in [0.25, 0.3) is 0 Å². The molecule has 3 aromatic rings. The third-order valence-corrected chi connectivity index (χ3v) is 10.1. The van der Waals surface area contributed by atoms with Crippen molar-refractivity contribution in [3.05, 3.63) is 71.8 Å². The molecule has 0 bridgehead atoms. The number of ether oxygens (including phenoxy) is 2. The Labute approximate surface area is 231 Å². The second-order valence-corrected chi connectivity index (χ2v) is 24.0. The van der Waals surface area contributed by atoms with Gasteiger partial charge >= 0.3 is 0 Å². The predicted octanol–water partition coefficient (Wildman–Crippen LogP) is 5.84. The van der Waals surface area contributed by atoms with Crippen LogP contribution < -0.4 is 0 Å². The first kappa shape index (κ1) is 30.5. The van der Waals surface area contributed by atoms with E-state index in [0.717, 1.165) is 61.8 Å². The van der Waals surface area contributed by atoms with E-state index in [2.05, 4.69) is 60.5 Å². The Hall–Kier alpha value is -2.05. The summed E-state index contributed by atoms with van der Waals surface area (Å²) in [5.74, 6) is 2.39. The molecule has 9 heteroatoms. The van der Waals surface area contributed by atoms with Crippen LogP contribution in [0.5, 0.6) is 0 Å². The van der Waals surface area contributed by atoms with E-state index in [9.17, 15) is 5.11 Å². The Balaban J connectivity index is 1.68. The molecule has 0 unspecified atom stereocenters. The molecule has 0 saturated heterocycles. The van der Waals surface area contributed by atoms with Gasteiger partial charge < -0.3 is 23.7 Å². The summed E-state index contributed by atoms with van der Waals surface area (Å²) < 4.78 is 16.3. The summed E-state index contributed by atoms with van der Waals surface area (Å²) in [5.41, 5.74) is 2.18. The third kappa shape index (κ3) is 11.0. The van der Waals surface area contributed by atoms with Gasteiger partial charge in [0, 0.05) is 67.0 Å². The minimum Gasteiger partial charge on any atom is -0.392 e. The summed E-state index contributed by atoms with van der Waals surface area (Å²) >= 11 is 0. The fourth-order valence-corrected chi connectivity index (χ4v) is 5.74. The Morgan fingerprint density at radius 3 is 1.58 bits per heavy atom. The van der Waals surface area contributed by atoms with Crippen LogP contribution in [0.25, 0.3) is 0 Å². The van der Waals surface area contributed by atoms with Gasteiger partial charge in [0.05, 0.1) is 6.61 Å². The van der Waals surface area contributed by atoms with Crippen LogP contribution in [-0.2, 0) is 48.8 Å². The van der Waals surface area contributed by atoms with Gasteiger partial charge in [-0.2, -0.15) is 0 Å². The molecule has 0 radical (unpaired) electrons. The zero-order chi connectivity index (χ0) is 27.6. The Morgan fingerprint density at radius 1 is 0.711 bits per heavy atom. The van der Waals surface area contributed by atoms with Crippen molar-refractivity contribution in [2.45, 2.75) is 90.7 Å². The van der Waals surface area contributed by atoms with Gasteiger partial charge in [0.2, 0.25) is 0 Å². The molecule has 3 rings (SSSR count). The van der Waals surface area contributed by atoms with E-state index in [1.165, 1.54) is 5.56 Å². The maximum absolute atomic E-state index is 9.44. The van der Waals surface area contributed by atoms with Gasteiger partial charge in [0.1, 0.15) is 25.1 Å². The molecule has 2 aromatic heterocycles. The Morgan fingerprint density at radius 2 is 1.16 bits per heavy atom. The maximum Gasteiger partial charge on any atom is 0.123 e. The van der Waals surface area contributed by atoms with Gasteiger partial charge in [-0.15, -0.1) is 0 Å². The zero-order valence-corrected chi connectivity index (χ0v) is 26.3. The molecule has 210 valence electrons. The van der Waals surface area contributed by atoms with Gasteiger partial charge in [-0.05, 0) is 35.6 Å². The van der Waals surface area contributed by atoms with Crippen molar-refractivity contribution in [2.24, 2.45) is 5.92 Å². The Bertz CT molecular complexity index is 1020. The van der Waals surface area contributed by atoms with Gasteiger partial charge in [-0.25, -0.2) is 9.97 Å². The normalized spacial score (nSPS) is 12.5. The number of aliphatic hydroxyl groups excluding tert-OH is 1. The first-order valence-electron chi connectivity index (χ1n) is 13.9. The highest BCUT2D eigenvalue weighted by molar-refractivity contribution is 6.76. The highest BCUT2D eigenvalue weighted by Crippen LogP contribution is 2.20. The predicted molar refractivity (Wildman–Crippen MR) is 160 cm³/mol. The summed E-state index contributed by atoms with van der Waals surface area (Å²) in [6.07, 6.45) is 10.3. The molecule has 0 fully saturated rings. The van der Waals surface area contributed by atoms with Crippen molar-refractivity contribution in [2.75, 3.05) is 13.2 Å². The number of rotatable bonds is 17. The molecular formula is C29H48N4O3Si2. The smallest absolute Gasteiger partial charge is 0.123 e. The molecule has 1 aromatic carbocycles. The van der Waals surface area contributed by atoms with Crippen LogP contribution in [0.2, 0.25) is 51.4 Å². The molecule has 0 amide bonds. The van der Waals surface area contributed by atoms with Crippen molar-refractivity contribution in [3.63, 3.8) is 0 Å². The van der Waals surface area contributed by atoms with Crippen molar-refractivity contribution in [1.82, 2.24) is 19.1 Å². The van der Waals surface area contributed by atoms with E-state index >= 15 is 0 Å². The lowest BCUT2D eigenvalue weighted by Crippen LogP contribution is -2.23. The topological polar surface area (TPSA) is 74.3 Å². The standard InChI is InChI=1S/C29H48N4O3Si2/c1-37(2,3)17-15-35-23-32-13-11-30-28(32)20-27(19-25-7-9-26(22-34)10-8-25)21-29-31-12-14-33(29)24-36-16-18-38(4,5)6/h7-14,27,34H,15-24H2,1-6H3. The lowest BCUT2D eigenvalue weighted by atomic mass is 9.92. The molecule has 7 nitrogen and oxygen atoms in total. The second-order valence-electron chi connectivity index (χ2n) is 12.8. The minimum absolute atomic E-state index is 0.0635. The van der Waals surface area contributed by atoms with E-state index in [1.807, 2.05) is 36.9 Å². The lowest BCUT2D eigenvalue weighted by Gasteiger charge is -2.20. The highest BCUT2D eigenvalue weighted by atomic mass is 28.3. The first-order valence-corrected chi connectivity index (χ1v) is 21.3. The summed E-state index contributed by atoms with van der Waals surface area (Å²) in [6, 6.07) is 10.6. The fourth-order valence-electron chi connectivity index (χ4n) is 4.22. The van der Waals surface area contributed by atoms with Crippen LogP contribution in [0.3, 0.4) is 0 Å². The van der Waals surface area contributed by atoms with E-state index in [4.69, 9.17) is 19.4 Å². The number of benzene rings is 1. The first-order chi connectivity index (χ1) is 18.0. The lowest BCUT2D eigenvalue weighted by molar-refractivity contribution is 0.0836. The third-order valence-electron chi connectivity index (χ3n) is 6.73. The molecule has 0 aliphatic rings. The number of aromatic nitrogens is 4.